The van der Waals surface area contributed by atoms with Crippen molar-refractivity contribution < 1.29 is 4.39 Å². The van der Waals surface area contributed by atoms with Crippen molar-refractivity contribution in [2.75, 3.05) is 11.9 Å². The summed E-state index contributed by atoms with van der Waals surface area (Å²) in [7, 11) is 0. The molecule has 2 aliphatic heterocycles. The lowest BCUT2D eigenvalue weighted by Crippen LogP contribution is -2.40. The number of halogens is 1. The lowest BCUT2D eigenvalue weighted by atomic mass is 10.1. The highest BCUT2D eigenvalue weighted by Gasteiger charge is 2.35. The molecule has 1 saturated carbocycles. The Hall–Kier alpha value is -3.39. The molecule has 0 bridgehead atoms. The first-order chi connectivity index (χ1) is 12.7. The number of fused-ring (bicyclic) bond motifs is 1. The maximum Gasteiger partial charge on any atom is 0.169 e. The van der Waals surface area contributed by atoms with Gasteiger partial charge in [0.2, 0.25) is 0 Å². The van der Waals surface area contributed by atoms with Crippen molar-refractivity contribution >= 4 is 17.4 Å². The lowest BCUT2D eigenvalue weighted by molar-refractivity contribution is 0.417. The maximum atomic E-state index is 13.1. The third-order valence-electron chi connectivity index (χ3n) is 4.39. The van der Waals surface area contributed by atoms with E-state index in [9.17, 15) is 9.65 Å². The van der Waals surface area contributed by atoms with Crippen molar-refractivity contribution in [3.05, 3.63) is 41.1 Å². The second-order valence-corrected chi connectivity index (χ2v) is 6.36. The minimum Gasteiger partial charge on any atom is -0.379 e. The number of amidine groups is 2. The molecule has 1 unspecified atom stereocenters. The summed E-state index contributed by atoms with van der Waals surface area (Å²) >= 11 is 0. The van der Waals surface area contributed by atoms with Gasteiger partial charge in [-0.15, -0.1) is 0 Å². The highest BCUT2D eigenvalue weighted by atomic mass is 19.1. The van der Waals surface area contributed by atoms with Crippen LogP contribution in [-0.4, -0.2) is 35.3 Å². The standard InChI is InChI=1S/C18H16FN7/c19-7-12-5-14(2-1-11(12)8-20)24-17-6-16(23-13-3-4-13)18-22-10-15(9-21)26(18)25-17/h1-2,5-6,13,15,23H,3-4,7,10H2,(H,24,25). The van der Waals surface area contributed by atoms with E-state index in [-0.39, 0.29) is 0 Å². The predicted molar refractivity (Wildman–Crippen MR) is 94.8 cm³/mol. The third-order valence-corrected chi connectivity index (χ3v) is 4.39. The predicted octanol–water partition coefficient (Wildman–Crippen LogP) is 2.01. The molecule has 26 heavy (non-hydrogen) atoms. The van der Waals surface area contributed by atoms with Gasteiger partial charge in [0.05, 0.1) is 29.9 Å². The van der Waals surface area contributed by atoms with Crippen LogP contribution in [0.4, 0.5) is 10.1 Å². The molecular formula is C18H16FN7. The van der Waals surface area contributed by atoms with Crippen molar-refractivity contribution in [2.45, 2.75) is 31.6 Å². The number of hydrazone groups is 1. The zero-order chi connectivity index (χ0) is 18.1. The highest BCUT2D eigenvalue weighted by molar-refractivity contribution is 6.13. The Morgan fingerprint density at radius 3 is 2.85 bits per heavy atom. The third kappa shape index (κ3) is 2.98. The summed E-state index contributed by atoms with van der Waals surface area (Å²) in [6.45, 7) is -0.330. The largest absolute Gasteiger partial charge is 0.379 e. The fourth-order valence-electron chi connectivity index (χ4n) is 2.89. The summed E-state index contributed by atoms with van der Waals surface area (Å²) in [4.78, 5) is 4.43. The highest BCUT2D eigenvalue weighted by Crippen LogP contribution is 2.25. The zero-order valence-electron chi connectivity index (χ0n) is 13.9. The molecule has 4 rings (SSSR count). The van der Waals surface area contributed by atoms with E-state index in [1.54, 1.807) is 23.2 Å². The van der Waals surface area contributed by atoms with E-state index in [0.717, 1.165) is 18.5 Å². The van der Waals surface area contributed by atoms with E-state index < -0.39 is 12.7 Å². The Labute approximate surface area is 150 Å². The van der Waals surface area contributed by atoms with E-state index in [2.05, 4.69) is 26.8 Å². The lowest BCUT2D eigenvalue weighted by Gasteiger charge is -2.26. The fourth-order valence-corrected chi connectivity index (χ4v) is 2.89. The van der Waals surface area contributed by atoms with Crippen LogP contribution in [0.5, 0.6) is 0 Å². The van der Waals surface area contributed by atoms with Crippen LogP contribution in [0, 0.1) is 22.7 Å². The number of hydrogen-bond donors (Lipinski definition) is 2. The van der Waals surface area contributed by atoms with E-state index in [4.69, 9.17) is 5.26 Å². The molecule has 1 aromatic rings. The van der Waals surface area contributed by atoms with Crippen LogP contribution in [-0.2, 0) is 6.67 Å². The first-order valence-corrected chi connectivity index (χ1v) is 8.38. The van der Waals surface area contributed by atoms with E-state index in [1.165, 1.54) is 0 Å². The van der Waals surface area contributed by atoms with E-state index in [1.807, 2.05) is 12.1 Å². The summed E-state index contributed by atoms with van der Waals surface area (Å²) in [6.07, 6.45) is 4.07. The maximum absolute atomic E-state index is 13.1. The molecule has 0 amide bonds. The molecule has 1 fully saturated rings. The first-order valence-electron chi connectivity index (χ1n) is 8.38. The summed E-state index contributed by atoms with van der Waals surface area (Å²) in [5, 5.41) is 31.0. The second kappa shape index (κ2) is 6.49. The van der Waals surface area contributed by atoms with Gasteiger partial charge in [-0.05, 0) is 31.0 Å². The van der Waals surface area contributed by atoms with Crippen molar-refractivity contribution in [3.8, 4) is 12.1 Å². The number of benzene rings is 1. The van der Waals surface area contributed by atoms with Gasteiger partial charge in [-0.3, -0.25) is 4.99 Å². The van der Waals surface area contributed by atoms with Crippen molar-refractivity contribution in [2.24, 2.45) is 10.1 Å². The van der Waals surface area contributed by atoms with E-state index in [0.29, 0.717) is 41.1 Å². The van der Waals surface area contributed by atoms with Gasteiger partial charge in [0.1, 0.15) is 6.67 Å². The van der Waals surface area contributed by atoms with Crippen molar-refractivity contribution in [1.29, 1.82) is 10.5 Å². The van der Waals surface area contributed by atoms with Gasteiger partial charge in [-0.1, -0.05) is 0 Å². The van der Waals surface area contributed by atoms with Gasteiger partial charge < -0.3 is 10.6 Å². The Kier molecular flexibility index (Phi) is 4.02. The minimum absolute atomic E-state index is 0.314. The van der Waals surface area contributed by atoms with Crippen LogP contribution < -0.4 is 10.6 Å². The molecule has 8 heteroatoms. The molecule has 2 N–H and O–H groups in total. The van der Waals surface area contributed by atoms with Gasteiger partial charge >= 0.3 is 0 Å². The molecule has 1 aliphatic carbocycles. The molecule has 0 aromatic heterocycles. The molecule has 1 atom stereocenters. The summed E-state index contributed by atoms with van der Waals surface area (Å²) in [5.74, 6) is 1.21. The number of hydrogen-bond acceptors (Lipinski definition) is 7. The van der Waals surface area contributed by atoms with Gasteiger partial charge in [0.15, 0.2) is 17.7 Å². The summed E-state index contributed by atoms with van der Waals surface area (Å²) in [5.41, 5.74) is 2.11. The number of nitrogens with zero attached hydrogens (tertiary/aromatic N) is 5. The fraction of sp³-hybridized carbons (Fsp3) is 0.333. The normalized spacial score (nSPS) is 21.0. The quantitative estimate of drug-likeness (QED) is 0.866. The topological polar surface area (TPSA) is 99.6 Å². The molecule has 130 valence electrons. The number of rotatable bonds is 4. The number of nitriles is 2. The van der Waals surface area contributed by atoms with E-state index >= 15 is 0 Å². The number of alkyl halides is 1. The molecule has 0 spiro atoms. The first kappa shape index (κ1) is 16.1. The minimum atomic E-state index is -0.714. The summed E-state index contributed by atoms with van der Waals surface area (Å²) < 4.78 is 13.1. The van der Waals surface area contributed by atoms with Crippen molar-refractivity contribution in [1.82, 2.24) is 10.3 Å². The molecule has 3 aliphatic rings. The molecular weight excluding hydrogens is 333 g/mol. The van der Waals surface area contributed by atoms with Crippen LogP contribution in [0.2, 0.25) is 0 Å². The monoisotopic (exact) mass is 349 g/mol. The second-order valence-electron chi connectivity index (χ2n) is 6.36. The van der Waals surface area contributed by atoms with Crippen LogP contribution in [0.15, 0.2) is 40.1 Å². The number of aliphatic imine (C=N–C) groups is 1. The zero-order valence-corrected chi connectivity index (χ0v) is 13.9. The van der Waals surface area contributed by atoms with Crippen molar-refractivity contribution in [3.63, 3.8) is 0 Å². The molecule has 7 nitrogen and oxygen atoms in total. The number of anilines is 1. The average molecular weight is 349 g/mol. The molecule has 0 saturated heterocycles. The SMILES string of the molecule is N#Cc1ccc(NC2=NN3C(=NCC3C#N)C(NC3CC3)=C2)cc1CF. The van der Waals surface area contributed by atoms with Crippen LogP contribution in [0.1, 0.15) is 24.0 Å². The smallest absolute Gasteiger partial charge is 0.169 e. The Morgan fingerprint density at radius 1 is 1.31 bits per heavy atom. The average Bonchev–Trinajstić information content (AvgIpc) is 3.38. The van der Waals surface area contributed by atoms with Crippen LogP contribution in [0.3, 0.4) is 0 Å². The van der Waals surface area contributed by atoms with Gasteiger partial charge in [0, 0.05) is 23.4 Å². The Morgan fingerprint density at radius 2 is 2.15 bits per heavy atom. The molecule has 2 heterocycles. The Bertz CT molecular complexity index is 914. The Balaban J connectivity index is 1.62. The molecule has 1 aromatic carbocycles. The van der Waals surface area contributed by atoms with Gasteiger partial charge in [-0.2, -0.15) is 15.6 Å². The van der Waals surface area contributed by atoms with Gasteiger partial charge in [-0.25, -0.2) is 9.40 Å². The summed E-state index contributed by atoms with van der Waals surface area (Å²) in [6, 6.07) is 9.06. The number of nitrogens with one attached hydrogen (secondary N) is 2. The van der Waals surface area contributed by atoms with Crippen LogP contribution >= 0.6 is 0 Å². The molecule has 0 radical (unpaired) electrons. The van der Waals surface area contributed by atoms with Crippen LogP contribution in [0.25, 0.3) is 0 Å². The van der Waals surface area contributed by atoms with Gasteiger partial charge in [0.25, 0.3) is 0 Å².